The van der Waals surface area contributed by atoms with E-state index >= 15 is 0 Å². The fourth-order valence-electron chi connectivity index (χ4n) is 3.54. The first-order chi connectivity index (χ1) is 17.1. The SMILES string of the molecule is O=C(Cc1n[nH]c(=O)c2ccccc12)OC(C(=O)Nc1ccc(Cl)c(C(F)(F)F)c1)c1ccccc1. The average molecular weight is 516 g/mol. The summed E-state index contributed by atoms with van der Waals surface area (Å²) >= 11 is 5.64. The summed E-state index contributed by atoms with van der Waals surface area (Å²) in [6.45, 7) is 0. The normalized spacial score (nSPS) is 12.2. The number of esters is 1. The predicted octanol–water partition coefficient (Wildman–Crippen LogP) is 5.06. The number of carbonyl (C=O) groups is 2. The molecule has 7 nitrogen and oxygen atoms in total. The van der Waals surface area contributed by atoms with Gasteiger partial charge in [-0.15, -0.1) is 0 Å². The van der Waals surface area contributed by atoms with Crippen LogP contribution in [0, 0.1) is 0 Å². The van der Waals surface area contributed by atoms with Gasteiger partial charge in [0.25, 0.3) is 11.5 Å². The van der Waals surface area contributed by atoms with Gasteiger partial charge in [0.1, 0.15) is 0 Å². The molecule has 1 heterocycles. The molecule has 4 aromatic rings. The number of amides is 1. The maximum Gasteiger partial charge on any atom is 0.417 e. The standard InChI is InChI=1S/C25H17ClF3N3O4/c26-19-11-10-15(12-18(19)25(27,28)29)30-24(35)22(14-6-2-1-3-7-14)36-21(33)13-20-16-8-4-5-9-17(16)23(34)32-31-20/h1-12,22H,13H2,(H,30,35)(H,32,34). The van der Waals surface area contributed by atoms with Gasteiger partial charge in [-0.1, -0.05) is 60.1 Å². The summed E-state index contributed by atoms with van der Waals surface area (Å²) in [5.74, 6) is -1.71. The Morgan fingerprint density at radius 1 is 1.00 bits per heavy atom. The number of carbonyl (C=O) groups excluding carboxylic acids is 2. The lowest BCUT2D eigenvalue weighted by Gasteiger charge is -2.19. The third-order valence-electron chi connectivity index (χ3n) is 5.22. The highest BCUT2D eigenvalue weighted by Gasteiger charge is 2.34. The highest BCUT2D eigenvalue weighted by atomic mass is 35.5. The van der Waals surface area contributed by atoms with Gasteiger partial charge in [0.05, 0.1) is 28.1 Å². The molecule has 0 spiro atoms. The molecule has 0 aliphatic carbocycles. The Kier molecular flexibility index (Phi) is 7.07. The van der Waals surface area contributed by atoms with Crippen LogP contribution in [-0.2, 0) is 26.9 Å². The molecule has 11 heteroatoms. The van der Waals surface area contributed by atoms with E-state index in [9.17, 15) is 27.6 Å². The summed E-state index contributed by atoms with van der Waals surface area (Å²) < 4.78 is 45.1. The summed E-state index contributed by atoms with van der Waals surface area (Å²) in [7, 11) is 0. The maximum absolute atomic E-state index is 13.2. The van der Waals surface area contributed by atoms with Crippen LogP contribution in [0.1, 0.15) is 22.9 Å². The minimum Gasteiger partial charge on any atom is -0.447 e. The quantitative estimate of drug-likeness (QED) is 0.349. The topological polar surface area (TPSA) is 101 Å². The number of aromatic amines is 1. The van der Waals surface area contributed by atoms with Crippen molar-refractivity contribution in [2.45, 2.75) is 18.7 Å². The fraction of sp³-hybridized carbons (Fsp3) is 0.120. The molecule has 0 saturated heterocycles. The molecule has 4 rings (SSSR count). The minimum absolute atomic E-state index is 0.179. The molecule has 0 radical (unpaired) electrons. The van der Waals surface area contributed by atoms with Crippen LogP contribution >= 0.6 is 11.6 Å². The third-order valence-corrected chi connectivity index (χ3v) is 5.55. The van der Waals surface area contributed by atoms with E-state index in [0.717, 1.165) is 6.07 Å². The summed E-state index contributed by atoms with van der Waals surface area (Å²) in [6, 6.07) is 17.4. The Bertz CT molecular complexity index is 1490. The van der Waals surface area contributed by atoms with Crippen molar-refractivity contribution in [3.05, 3.63) is 105 Å². The number of aromatic nitrogens is 2. The van der Waals surface area contributed by atoms with Crippen LogP contribution in [0.25, 0.3) is 10.8 Å². The Morgan fingerprint density at radius 3 is 2.36 bits per heavy atom. The Labute approximate surface area is 206 Å². The number of alkyl halides is 3. The second kappa shape index (κ2) is 10.2. The maximum atomic E-state index is 13.2. The van der Waals surface area contributed by atoms with Gasteiger partial charge in [-0.2, -0.15) is 18.3 Å². The number of nitrogens with zero attached hydrogens (tertiary/aromatic N) is 1. The van der Waals surface area contributed by atoms with Gasteiger partial charge in [-0.05, 0) is 24.3 Å². The molecule has 0 fully saturated rings. The van der Waals surface area contributed by atoms with Crippen LogP contribution in [0.15, 0.2) is 77.6 Å². The average Bonchev–Trinajstić information content (AvgIpc) is 2.85. The van der Waals surface area contributed by atoms with Gasteiger partial charge < -0.3 is 10.1 Å². The van der Waals surface area contributed by atoms with E-state index in [1.54, 1.807) is 42.5 Å². The lowest BCUT2D eigenvalue weighted by Crippen LogP contribution is -2.27. The molecule has 1 atom stereocenters. The molecular weight excluding hydrogens is 499 g/mol. The van der Waals surface area contributed by atoms with Crippen molar-refractivity contribution in [1.29, 1.82) is 0 Å². The monoisotopic (exact) mass is 515 g/mol. The molecular formula is C25H17ClF3N3O4. The summed E-state index contributed by atoms with van der Waals surface area (Å²) in [4.78, 5) is 37.8. The molecule has 1 aromatic heterocycles. The highest BCUT2D eigenvalue weighted by molar-refractivity contribution is 6.31. The number of rotatable bonds is 6. The predicted molar refractivity (Wildman–Crippen MR) is 126 cm³/mol. The second-order valence-electron chi connectivity index (χ2n) is 7.68. The van der Waals surface area contributed by atoms with E-state index in [-0.39, 0.29) is 17.8 Å². The van der Waals surface area contributed by atoms with Crippen LogP contribution in [0.3, 0.4) is 0 Å². The van der Waals surface area contributed by atoms with Crippen molar-refractivity contribution in [2.75, 3.05) is 5.32 Å². The van der Waals surface area contributed by atoms with Crippen molar-refractivity contribution in [2.24, 2.45) is 0 Å². The van der Waals surface area contributed by atoms with E-state index in [1.165, 1.54) is 18.2 Å². The second-order valence-corrected chi connectivity index (χ2v) is 8.09. The highest BCUT2D eigenvalue weighted by Crippen LogP contribution is 2.36. The van der Waals surface area contributed by atoms with Gasteiger partial charge in [0.2, 0.25) is 6.10 Å². The molecule has 184 valence electrons. The zero-order chi connectivity index (χ0) is 25.9. The smallest absolute Gasteiger partial charge is 0.417 e. The summed E-state index contributed by atoms with van der Waals surface area (Å²) in [6.07, 6.45) is -6.57. The lowest BCUT2D eigenvalue weighted by atomic mass is 10.1. The Hall–Kier alpha value is -4.18. The Balaban J connectivity index is 1.59. The van der Waals surface area contributed by atoms with Crippen molar-refractivity contribution in [1.82, 2.24) is 10.2 Å². The zero-order valence-electron chi connectivity index (χ0n) is 18.3. The van der Waals surface area contributed by atoms with Gasteiger partial charge in [0.15, 0.2) is 0 Å². The molecule has 0 aliphatic rings. The van der Waals surface area contributed by atoms with Crippen LogP contribution < -0.4 is 10.9 Å². The number of halogens is 4. The van der Waals surface area contributed by atoms with Crippen LogP contribution in [0.2, 0.25) is 5.02 Å². The van der Waals surface area contributed by atoms with Crippen molar-refractivity contribution >= 4 is 39.9 Å². The van der Waals surface area contributed by atoms with E-state index in [1.807, 2.05) is 0 Å². The summed E-state index contributed by atoms with van der Waals surface area (Å²) in [5, 5.41) is 8.84. The summed E-state index contributed by atoms with van der Waals surface area (Å²) in [5.41, 5.74) is -1.19. The molecule has 0 aliphatic heterocycles. The molecule has 0 saturated carbocycles. The van der Waals surface area contributed by atoms with Crippen LogP contribution in [0.4, 0.5) is 18.9 Å². The molecule has 1 amide bonds. The van der Waals surface area contributed by atoms with Gasteiger partial charge in [0, 0.05) is 16.6 Å². The number of hydrogen-bond donors (Lipinski definition) is 2. The number of ether oxygens (including phenoxy) is 1. The van der Waals surface area contributed by atoms with Crippen LogP contribution in [0.5, 0.6) is 0 Å². The first kappa shape index (κ1) is 24.9. The van der Waals surface area contributed by atoms with Gasteiger partial charge in [-0.25, -0.2) is 5.10 Å². The first-order valence-electron chi connectivity index (χ1n) is 10.5. The van der Waals surface area contributed by atoms with E-state index in [0.29, 0.717) is 22.4 Å². The van der Waals surface area contributed by atoms with Gasteiger partial charge in [-0.3, -0.25) is 14.4 Å². The number of hydrogen-bond acceptors (Lipinski definition) is 5. The number of H-pyrrole nitrogens is 1. The molecule has 36 heavy (non-hydrogen) atoms. The number of benzene rings is 3. The van der Waals surface area contributed by atoms with Crippen molar-refractivity contribution in [3.63, 3.8) is 0 Å². The zero-order valence-corrected chi connectivity index (χ0v) is 19.1. The number of anilines is 1. The van der Waals surface area contributed by atoms with Crippen molar-refractivity contribution in [3.8, 4) is 0 Å². The van der Waals surface area contributed by atoms with E-state index in [2.05, 4.69) is 15.5 Å². The van der Waals surface area contributed by atoms with Gasteiger partial charge >= 0.3 is 12.1 Å². The molecule has 1 unspecified atom stereocenters. The molecule has 0 bridgehead atoms. The Morgan fingerprint density at radius 2 is 1.67 bits per heavy atom. The minimum atomic E-state index is -4.73. The largest absolute Gasteiger partial charge is 0.447 e. The van der Waals surface area contributed by atoms with Crippen molar-refractivity contribution < 1.29 is 27.5 Å². The third kappa shape index (κ3) is 5.55. The fourth-order valence-corrected chi connectivity index (χ4v) is 3.77. The van der Waals surface area contributed by atoms with E-state index < -0.39 is 40.3 Å². The van der Waals surface area contributed by atoms with E-state index in [4.69, 9.17) is 16.3 Å². The number of nitrogens with one attached hydrogen (secondary N) is 2. The lowest BCUT2D eigenvalue weighted by molar-refractivity contribution is -0.154. The molecule has 2 N–H and O–H groups in total. The molecule has 3 aromatic carbocycles. The number of fused-ring (bicyclic) bond motifs is 1. The van der Waals surface area contributed by atoms with Crippen LogP contribution in [-0.4, -0.2) is 22.1 Å². The first-order valence-corrected chi connectivity index (χ1v) is 10.9.